The molecule has 0 bridgehead atoms. The Balaban J connectivity index is 1.73. The minimum atomic E-state index is -0.481. The Kier molecular flexibility index (Phi) is 3.26. The van der Waals surface area contributed by atoms with Gasteiger partial charge in [-0.25, -0.2) is 4.98 Å². The van der Waals surface area contributed by atoms with E-state index in [0.717, 1.165) is 56.5 Å². The molecule has 1 aliphatic heterocycles. The molecule has 5 heteroatoms. The first-order valence-corrected chi connectivity index (χ1v) is 8.33. The van der Waals surface area contributed by atoms with Crippen LogP contribution in [-0.2, 0) is 0 Å². The molecule has 4 rings (SSSR count). The molecule has 0 atom stereocenters. The molecule has 2 aromatic rings. The molecule has 22 heavy (non-hydrogen) atoms. The van der Waals surface area contributed by atoms with Gasteiger partial charge >= 0.3 is 0 Å². The summed E-state index contributed by atoms with van der Waals surface area (Å²) in [5, 5.41) is 15.0. The number of nitrogens with zero attached hydrogens (tertiary/aromatic N) is 2. The van der Waals surface area contributed by atoms with Crippen molar-refractivity contribution in [2.45, 2.75) is 50.7 Å². The lowest BCUT2D eigenvalue weighted by atomic mass is 9.82. The maximum atomic E-state index is 10.2. The van der Waals surface area contributed by atoms with E-state index >= 15 is 0 Å². The molecule has 0 unspecified atom stereocenters. The van der Waals surface area contributed by atoms with E-state index in [0.29, 0.717) is 6.04 Å². The second-order valence-corrected chi connectivity index (χ2v) is 6.96. The Bertz CT molecular complexity index is 668. The van der Waals surface area contributed by atoms with Crippen molar-refractivity contribution in [3.8, 4) is 0 Å². The van der Waals surface area contributed by atoms with Crippen molar-refractivity contribution in [3.05, 3.63) is 18.5 Å². The Hall–Kier alpha value is -1.75. The summed E-state index contributed by atoms with van der Waals surface area (Å²) in [4.78, 5) is 10.3. The van der Waals surface area contributed by atoms with Crippen LogP contribution in [0.3, 0.4) is 0 Å². The van der Waals surface area contributed by atoms with E-state index in [1.807, 2.05) is 19.3 Å². The van der Waals surface area contributed by atoms with Crippen molar-refractivity contribution < 1.29 is 5.11 Å². The van der Waals surface area contributed by atoms with Gasteiger partial charge in [-0.2, -0.15) is 0 Å². The van der Waals surface area contributed by atoms with Crippen LogP contribution in [0, 0.1) is 0 Å². The monoisotopic (exact) mass is 300 g/mol. The zero-order valence-corrected chi connectivity index (χ0v) is 13.1. The Morgan fingerprint density at radius 2 is 2.18 bits per heavy atom. The van der Waals surface area contributed by atoms with Crippen molar-refractivity contribution in [2.24, 2.45) is 0 Å². The zero-order chi connectivity index (χ0) is 15.2. The van der Waals surface area contributed by atoms with Crippen LogP contribution >= 0.6 is 0 Å². The quantitative estimate of drug-likeness (QED) is 0.758. The number of H-pyrrole nitrogens is 1. The predicted octanol–water partition coefficient (Wildman–Crippen LogP) is 2.88. The summed E-state index contributed by atoms with van der Waals surface area (Å²) < 4.78 is 0. The summed E-state index contributed by atoms with van der Waals surface area (Å²) in [6.45, 7) is 4.03. The van der Waals surface area contributed by atoms with Gasteiger partial charge in [-0.05, 0) is 45.1 Å². The molecule has 1 aliphatic carbocycles. The highest BCUT2D eigenvalue weighted by Gasteiger charge is 2.33. The first-order chi connectivity index (χ1) is 10.6. The van der Waals surface area contributed by atoms with Crippen molar-refractivity contribution in [3.63, 3.8) is 0 Å². The number of aromatic nitrogens is 2. The topological polar surface area (TPSA) is 64.2 Å². The number of hydrogen-bond acceptors (Lipinski definition) is 4. The summed E-state index contributed by atoms with van der Waals surface area (Å²) in [5.74, 6) is 0. The van der Waals surface area contributed by atoms with Gasteiger partial charge in [0.05, 0.1) is 23.2 Å². The van der Waals surface area contributed by atoms with Gasteiger partial charge < -0.3 is 20.3 Å². The average Bonchev–Trinajstić information content (AvgIpc) is 2.87. The molecule has 0 spiro atoms. The normalized spacial score (nSPS) is 29.0. The van der Waals surface area contributed by atoms with Crippen LogP contribution in [-0.4, -0.2) is 39.8 Å². The fourth-order valence-electron chi connectivity index (χ4n) is 3.92. The number of fused-ring (bicyclic) bond motifs is 3. The molecular formula is C17H24N4O. The van der Waals surface area contributed by atoms with E-state index < -0.39 is 5.60 Å². The van der Waals surface area contributed by atoms with Crippen LogP contribution in [0.15, 0.2) is 18.5 Å². The maximum Gasteiger partial charge on any atom is 0.139 e. The summed E-state index contributed by atoms with van der Waals surface area (Å²) >= 11 is 0. The van der Waals surface area contributed by atoms with Gasteiger partial charge in [0.25, 0.3) is 0 Å². The number of aromatic amines is 1. The highest BCUT2D eigenvalue weighted by Crippen LogP contribution is 2.40. The highest BCUT2D eigenvalue weighted by molar-refractivity contribution is 5.97. The third-order valence-electron chi connectivity index (χ3n) is 5.21. The molecule has 2 aliphatic rings. The molecule has 0 aromatic carbocycles. The fourth-order valence-corrected chi connectivity index (χ4v) is 3.92. The lowest BCUT2D eigenvalue weighted by Crippen LogP contribution is -2.43. The van der Waals surface area contributed by atoms with Gasteiger partial charge in [0, 0.05) is 30.7 Å². The molecule has 0 amide bonds. The number of aliphatic hydroxyl groups is 1. The summed E-state index contributed by atoms with van der Waals surface area (Å²) in [5.41, 5.74) is 2.90. The van der Waals surface area contributed by atoms with E-state index in [1.165, 1.54) is 11.1 Å². The molecule has 5 nitrogen and oxygen atoms in total. The first-order valence-electron chi connectivity index (χ1n) is 8.33. The lowest BCUT2D eigenvalue weighted by Gasteiger charge is -2.40. The third kappa shape index (κ3) is 2.33. The number of rotatable bonds is 1. The van der Waals surface area contributed by atoms with Crippen molar-refractivity contribution in [1.29, 1.82) is 0 Å². The highest BCUT2D eigenvalue weighted by atomic mass is 16.3. The Morgan fingerprint density at radius 1 is 1.36 bits per heavy atom. The van der Waals surface area contributed by atoms with Crippen LogP contribution in [0.4, 0.5) is 11.4 Å². The molecule has 0 radical (unpaired) electrons. The molecule has 118 valence electrons. The van der Waals surface area contributed by atoms with E-state index in [4.69, 9.17) is 0 Å². The Morgan fingerprint density at radius 3 is 3.00 bits per heavy atom. The zero-order valence-electron chi connectivity index (χ0n) is 13.1. The molecule has 1 saturated carbocycles. The number of pyridine rings is 1. The smallest absolute Gasteiger partial charge is 0.139 e. The van der Waals surface area contributed by atoms with Crippen molar-refractivity contribution >= 4 is 22.4 Å². The van der Waals surface area contributed by atoms with E-state index in [-0.39, 0.29) is 0 Å². The third-order valence-corrected chi connectivity index (χ3v) is 5.21. The van der Waals surface area contributed by atoms with Crippen molar-refractivity contribution in [1.82, 2.24) is 9.97 Å². The van der Waals surface area contributed by atoms with Gasteiger partial charge in [-0.15, -0.1) is 0 Å². The SMILES string of the molecule is CC1(O)CCC(N2CCCNc3cnc4[nH]ccc4c32)CC1. The summed E-state index contributed by atoms with van der Waals surface area (Å²) in [6, 6.07) is 2.64. The lowest BCUT2D eigenvalue weighted by molar-refractivity contribution is 0.0171. The second-order valence-electron chi connectivity index (χ2n) is 6.96. The van der Waals surface area contributed by atoms with Gasteiger partial charge in [0.15, 0.2) is 0 Å². The van der Waals surface area contributed by atoms with Crippen LogP contribution < -0.4 is 10.2 Å². The standard InChI is InChI=1S/C17H24N4O/c1-17(22)6-3-12(4-7-17)21-10-2-8-18-14-11-20-16-13(15(14)21)5-9-19-16/h5,9,11-12,18,22H,2-4,6-8,10H2,1H3,(H,19,20). The van der Waals surface area contributed by atoms with Crippen LogP contribution in [0.2, 0.25) is 0 Å². The predicted molar refractivity (Wildman–Crippen MR) is 89.4 cm³/mol. The van der Waals surface area contributed by atoms with Crippen molar-refractivity contribution in [2.75, 3.05) is 23.3 Å². The fraction of sp³-hybridized carbons (Fsp3) is 0.588. The van der Waals surface area contributed by atoms with Crippen LogP contribution in [0.25, 0.3) is 11.0 Å². The van der Waals surface area contributed by atoms with E-state index in [9.17, 15) is 5.11 Å². The maximum absolute atomic E-state index is 10.2. The summed E-state index contributed by atoms with van der Waals surface area (Å²) in [7, 11) is 0. The minimum absolute atomic E-state index is 0.481. The van der Waals surface area contributed by atoms with E-state index in [2.05, 4.69) is 26.3 Å². The molecular weight excluding hydrogens is 276 g/mol. The average molecular weight is 300 g/mol. The molecule has 3 heterocycles. The van der Waals surface area contributed by atoms with Gasteiger partial charge in [-0.3, -0.25) is 0 Å². The second kappa shape index (κ2) is 5.16. The van der Waals surface area contributed by atoms with Crippen LogP contribution in [0.1, 0.15) is 39.0 Å². The number of nitrogens with one attached hydrogen (secondary N) is 2. The van der Waals surface area contributed by atoms with E-state index in [1.54, 1.807) is 0 Å². The molecule has 1 fully saturated rings. The number of anilines is 2. The van der Waals surface area contributed by atoms with Gasteiger partial charge in [0.2, 0.25) is 0 Å². The van der Waals surface area contributed by atoms with Gasteiger partial charge in [-0.1, -0.05) is 0 Å². The summed E-state index contributed by atoms with van der Waals surface area (Å²) in [6.07, 6.45) is 8.93. The van der Waals surface area contributed by atoms with Crippen LogP contribution in [0.5, 0.6) is 0 Å². The largest absolute Gasteiger partial charge is 0.390 e. The molecule has 0 saturated heterocycles. The Labute approximate surface area is 130 Å². The van der Waals surface area contributed by atoms with Gasteiger partial charge in [0.1, 0.15) is 5.65 Å². The molecule has 3 N–H and O–H groups in total. The minimum Gasteiger partial charge on any atom is -0.390 e. The number of hydrogen-bond donors (Lipinski definition) is 3. The molecule has 2 aromatic heterocycles. The first kappa shape index (κ1) is 13.9.